The SMILES string of the molecule is CCc1ccc(NC(=O)C2CCCN(Cc3nc(-c4ccccc4Cl)no3)C2)cc1. The van der Waals surface area contributed by atoms with Gasteiger partial charge in [0, 0.05) is 17.8 Å². The first-order valence-electron chi connectivity index (χ1n) is 10.3. The molecule has 1 saturated heterocycles. The summed E-state index contributed by atoms with van der Waals surface area (Å²) in [4.78, 5) is 19.4. The molecule has 0 saturated carbocycles. The van der Waals surface area contributed by atoms with Crippen molar-refractivity contribution in [2.24, 2.45) is 5.92 Å². The van der Waals surface area contributed by atoms with Gasteiger partial charge in [-0.15, -0.1) is 0 Å². The number of carbonyl (C=O) groups excluding carboxylic acids is 1. The van der Waals surface area contributed by atoms with E-state index in [4.69, 9.17) is 16.1 Å². The highest BCUT2D eigenvalue weighted by Crippen LogP contribution is 2.26. The van der Waals surface area contributed by atoms with E-state index in [9.17, 15) is 4.79 Å². The summed E-state index contributed by atoms with van der Waals surface area (Å²) in [6.45, 7) is 4.21. The zero-order valence-electron chi connectivity index (χ0n) is 17.0. The van der Waals surface area contributed by atoms with E-state index in [1.54, 1.807) is 6.07 Å². The van der Waals surface area contributed by atoms with Crippen molar-refractivity contribution in [1.29, 1.82) is 0 Å². The number of hydrogen-bond acceptors (Lipinski definition) is 5. The number of rotatable bonds is 6. The quantitative estimate of drug-likeness (QED) is 0.615. The van der Waals surface area contributed by atoms with Gasteiger partial charge in [0.15, 0.2) is 0 Å². The van der Waals surface area contributed by atoms with Gasteiger partial charge >= 0.3 is 0 Å². The van der Waals surface area contributed by atoms with Crippen molar-refractivity contribution >= 4 is 23.2 Å². The van der Waals surface area contributed by atoms with Crippen LogP contribution in [0.2, 0.25) is 5.02 Å². The van der Waals surface area contributed by atoms with E-state index in [1.807, 2.05) is 30.3 Å². The Morgan fingerprint density at radius 2 is 2.03 bits per heavy atom. The predicted octanol–water partition coefficient (Wildman–Crippen LogP) is 4.80. The fraction of sp³-hybridized carbons (Fsp3) is 0.348. The first kappa shape index (κ1) is 20.6. The molecule has 1 aliphatic heterocycles. The molecule has 0 radical (unpaired) electrons. The molecular weight excluding hydrogens is 400 g/mol. The second-order valence-electron chi connectivity index (χ2n) is 7.61. The Kier molecular flexibility index (Phi) is 6.45. The second kappa shape index (κ2) is 9.41. The van der Waals surface area contributed by atoms with Crippen LogP contribution in [-0.4, -0.2) is 34.0 Å². The molecule has 156 valence electrons. The minimum absolute atomic E-state index is 0.0597. The topological polar surface area (TPSA) is 71.3 Å². The number of benzene rings is 2. The van der Waals surface area contributed by atoms with Gasteiger partial charge in [-0.3, -0.25) is 9.69 Å². The van der Waals surface area contributed by atoms with Gasteiger partial charge in [0.2, 0.25) is 17.6 Å². The van der Waals surface area contributed by atoms with Gasteiger partial charge in [-0.25, -0.2) is 0 Å². The van der Waals surface area contributed by atoms with E-state index in [1.165, 1.54) is 5.56 Å². The number of hydrogen-bond donors (Lipinski definition) is 1. The van der Waals surface area contributed by atoms with E-state index in [2.05, 4.69) is 39.4 Å². The Labute approximate surface area is 181 Å². The number of nitrogens with zero attached hydrogens (tertiary/aromatic N) is 3. The summed E-state index contributed by atoms with van der Waals surface area (Å²) in [6.07, 6.45) is 2.82. The van der Waals surface area contributed by atoms with Crippen LogP contribution in [0.4, 0.5) is 5.69 Å². The molecule has 3 aromatic rings. The van der Waals surface area contributed by atoms with Crippen molar-refractivity contribution < 1.29 is 9.32 Å². The number of anilines is 1. The molecule has 0 bridgehead atoms. The van der Waals surface area contributed by atoms with Crippen molar-refractivity contribution in [2.45, 2.75) is 32.7 Å². The van der Waals surface area contributed by atoms with Gasteiger partial charge in [0.1, 0.15) is 0 Å². The lowest BCUT2D eigenvalue weighted by Gasteiger charge is -2.30. The number of halogens is 1. The molecule has 1 N–H and O–H groups in total. The third-order valence-corrected chi connectivity index (χ3v) is 5.78. The fourth-order valence-electron chi connectivity index (χ4n) is 3.74. The molecule has 1 amide bonds. The highest BCUT2D eigenvalue weighted by atomic mass is 35.5. The summed E-state index contributed by atoms with van der Waals surface area (Å²) in [6, 6.07) is 15.5. The first-order valence-corrected chi connectivity index (χ1v) is 10.7. The van der Waals surface area contributed by atoms with Crippen molar-refractivity contribution in [3.8, 4) is 11.4 Å². The molecule has 2 aromatic carbocycles. The van der Waals surface area contributed by atoms with Crippen LogP contribution >= 0.6 is 11.6 Å². The molecule has 0 aliphatic carbocycles. The molecule has 1 aromatic heterocycles. The Bertz CT molecular complexity index is 1000. The minimum atomic E-state index is -0.0597. The standard InChI is InChI=1S/C23H25ClN4O2/c1-2-16-9-11-18(12-10-16)25-23(29)17-6-5-13-28(14-17)15-21-26-22(27-30-21)19-7-3-4-8-20(19)24/h3-4,7-12,17H,2,5-6,13-15H2,1H3,(H,25,29). The average Bonchev–Trinajstić information content (AvgIpc) is 3.23. The van der Waals surface area contributed by atoms with Crippen LogP contribution in [-0.2, 0) is 17.8 Å². The summed E-state index contributed by atoms with van der Waals surface area (Å²) >= 11 is 6.22. The molecular formula is C23H25ClN4O2. The van der Waals surface area contributed by atoms with Gasteiger partial charge < -0.3 is 9.84 Å². The van der Waals surface area contributed by atoms with Gasteiger partial charge in [0.25, 0.3) is 0 Å². The summed E-state index contributed by atoms with van der Waals surface area (Å²) in [5.41, 5.74) is 2.85. The lowest BCUT2D eigenvalue weighted by atomic mass is 9.97. The lowest BCUT2D eigenvalue weighted by Crippen LogP contribution is -2.40. The third-order valence-electron chi connectivity index (χ3n) is 5.45. The van der Waals surface area contributed by atoms with Crippen LogP contribution in [0.5, 0.6) is 0 Å². The zero-order chi connectivity index (χ0) is 20.9. The van der Waals surface area contributed by atoms with E-state index < -0.39 is 0 Å². The maximum atomic E-state index is 12.7. The highest BCUT2D eigenvalue weighted by Gasteiger charge is 2.27. The minimum Gasteiger partial charge on any atom is -0.338 e. The van der Waals surface area contributed by atoms with Crippen LogP contribution in [0, 0.1) is 5.92 Å². The van der Waals surface area contributed by atoms with Crippen LogP contribution in [0.3, 0.4) is 0 Å². The van der Waals surface area contributed by atoms with Crippen LogP contribution in [0.15, 0.2) is 53.1 Å². The van der Waals surface area contributed by atoms with Gasteiger partial charge in [-0.1, -0.05) is 47.9 Å². The number of aromatic nitrogens is 2. The number of amides is 1. The molecule has 30 heavy (non-hydrogen) atoms. The number of carbonyl (C=O) groups is 1. The number of nitrogens with one attached hydrogen (secondary N) is 1. The number of likely N-dealkylation sites (tertiary alicyclic amines) is 1. The van der Waals surface area contributed by atoms with Crippen LogP contribution < -0.4 is 5.32 Å². The second-order valence-corrected chi connectivity index (χ2v) is 8.01. The molecule has 7 heteroatoms. The van der Waals surface area contributed by atoms with Crippen molar-refractivity contribution in [1.82, 2.24) is 15.0 Å². The number of aryl methyl sites for hydroxylation is 1. The van der Waals surface area contributed by atoms with Crippen LogP contribution in [0.1, 0.15) is 31.2 Å². The number of piperidine rings is 1. The molecule has 4 rings (SSSR count). The molecule has 1 atom stereocenters. The molecule has 1 fully saturated rings. The van der Waals surface area contributed by atoms with Crippen molar-refractivity contribution in [3.05, 3.63) is 65.0 Å². The molecule has 6 nitrogen and oxygen atoms in total. The molecule has 2 heterocycles. The average molecular weight is 425 g/mol. The fourth-order valence-corrected chi connectivity index (χ4v) is 3.96. The third kappa shape index (κ3) is 4.89. The Hall–Kier alpha value is -2.70. The predicted molar refractivity (Wildman–Crippen MR) is 117 cm³/mol. The zero-order valence-corrected chi connectivity index (χ0v) is 17.7. The summed E-state index contributed by atoms with van der Waals surface area (Å²) < 4.78 is 5.43. The largest absolute Gasteiger partial charge is 0.338 e. The molecule has 1 aliphatic rings. The van der Waals surface area contributed by atoms with Crippen molar-refractivity contribution in [2.75, 3.05) is 18.4 Å². The van der Waals surface area contributed by atoms with E-state index in [-0.39, 0.29) is 11.8 Å². The van der Waals surface area contributed by atoms with E-state index in [0.29, 0.717) is 29.8 Å². The highest BCUT2D eigenvalue weighted by molar-refractivity contribution is 6.33. The normalized spacial score (nSPS) is 17.1. The van der Waals surface area contributed by atoms with E-state index in [0.717, 1.165) is 37.1 Å². The monoisotopic (exact) mass is 424 g/mol. The smallest absolute Gasteiger partial charge is 0.241 e. The Balaban J connectivity index is 1.36. The van der Waals surface area contributed by atoms with Gasteiger partial charge in [0.05, 0.1) is 17.5 Å². The van der Waals surface area contributed by atoms with Gasteiger partial charge in [-0.2, -0.15) is 4.98 Å². The lowest BCUT2D eigenvalue weighted by molar-refractivity contribution is -0.121. The van der Waals surface area contributed by atoms with Crippen LogP contribution in [0.25, 0.3) is 11.4 Å². The molecule has 0 spiro atoms. The maximum Gasteiger partial charge on any atom is 0.241 e. The Morgan fingerprint density at radius 1 is 1.23 bits per heavy atom. The summed E-state index contributed by atoms with van der Waals surface area (Å²) in [7, 11) is 0. The van der Waals surface area contributed by atoms with E-state index >= 15 is 0 Å². The maximum absolute atomic E-state index is 12.7. The van der Waals surface area contributed by atoms with Crippen molar-refractivity contribution in [3.63, 3.8) is 0 Å². The Morgan fingerprint density at radius 3 is 2.80 bits per heavy atom. The molecule has 1 unspecified atom stereocenters. The summed E-state index contributed by atoms with van der Waals surface area (Å²) in [5.74, 6) is 1.01. The van der Waals surface area contributed by atoms with Gasteiger partial charge in [-0.05, 0) is 55.6 Å². The summed E-state index contributed by atoms with van der Waals surface area (Å²) in [5, 5.41) is 7.70. The first-order chi connectivity index (χ1) is 14.6.